The number of hydrogen-bond acceptors (Lipinski definition) is 2. The Kier molecular flexibility index (Phi) is 11.6. The van der Waals surface area contributed by atoms with Gasteiger partial charge in [-0.05, 0) is 42.5 Å². The monoisotopic (exact) mass is 718 g/mol. The maximum absolute atomic E-state index is 13.1. The Labute approximate surface area is 257 Å². The van der Waals surface area contributed by atoms with Crippen LogP contribution in [0, 0.1) is 0 Å². The molecule has 10 nitrogen and oxygen atoms in total. The van der Waals surface area contributed by atoms with Crippen molar-refractivity contribution >= 4 is 67.1 Å². The average molecular weight is 720 g/mol. The molecule has 8 N–H and O–H groups in total. The van der Waals surface area contributed by atoms with Crippen LogP contribution in [0.15, 0.2) is 77.4 Å². The Morgan fingerprint density at radius 3 is 1.48 bits per heavy atom. The van der Waals surface area contributed by atoms with E-state index in [0.29, 0.717) is 11.4 Å². The van der Waals surface area contributed by atoms with Crippen molar-refractivity contribution in [2.75, 3.05) is 26.2 Å². The molecule has 2 aliphatic heterocycles. The van der Waals surface area contributed by atoms with Crippen LogP contribution in [0.4, 0.5) is 28.9 Å². The van der Waals surface area contributed by atoms with Gasteiger partial charge >= 0.3 is 0 Å². The van der Waals surface area contributed by atoms with Crippen molar-refractivity contribution in [2.24, 2.45) is 42.9 Å². The number of nitrogens with two attached hydrogens (primary N) is 4. The summed E-state index contributed by atoms with van der Waals surface area (Å²) < 4.78 is 54.1. The molecule has 0 radical (unpaired) electrons. The van der Waals surface area contributed by atoms with E-state index in [9.17, 15) is 17.6 Å². The molecule has 2 aliphatic rings. The van der Waals surface area contributed by atoms with E-state index in [1.165, 1.54) is 0 Å². The molecule has 0 aliphatic carbocycles. The number of alkyl halides is 4. The van der Waals surface area contributed by atoms with Crippen LogP contribution in [0.25, 0.3) is 0 Å². The summed E-state index contributed by atoms with van der Waals surface area (Å²) in [5.74, 6) is -5.03. The normalized spacial score (nSPS) is 19.7. The predicted octanol–water partition coefficient (Wildman–Crippen LogP) is 4.88. The van der Waals surface area contributed by atoms with E-state index in [4.69, 9.17) is 22.9 Å². The fourth-order valence-corrected chi connectivity index (χ4v) is 4.53. The third-order valence-corrected chi connectivity index (χ3v) is 7.24. The van der Waals surface area contributed by atoms with Crippen molar-refractivity contribution in [2.45, 2.75) is 37.5 Å². The van der Waals surface area contributed by atoms with Gasteiger partial charge in [0.25, 0.3) is 11.8 Å². The number of nitrogens with zero attached hydrogens (tertiary/aromatic N) is 6. The first-order valence-corrected chi connectivity index (χ1v) is 14.4. The van der Waals surface area contributed by atoms with E-state index < -0.39 is 11.8 Å². The van der Waals surface area contributed by atoms with Crippen molar-refractivity contribution in [3.63, 3.8) is 0 Å². The maximum atomic E-state index is 13.1. The molecular weight excluding hydrogens is 688 g/mol. The molecule has 2 saturated heterocycles. The van der Waals surface area contributed by atoms with Crippen LogP contribution >= 0.6 is 31.9 Å². The number of aliphatic imine (C=N–C) groups is 4. The minimum atomic E-state index is -2.62. The van der Waals surface area contributed by atoms with Crippen molar-refractivity contribution in [3.05, 3.63) is 57.5 Å². The smallest absolute Gasteiger partial charge is 0.251 e. The van der Waals surface area contributed by atoms with Crippen molar-refractivity contribution in [3.8, 4) is 0 Å². The number of likely N-dealkylation sites (tertiary alicyclic amines) is 2. The van der Waals surface area contributed by atoms with Gasteiger partial charge in [-0.15, -0.1) is 0 Å². The highest BCUT2D eigenvalue weighted by Gasteiger charge is 2.35. The summed E-state index contributed by atoms with van der Waals surface area (Å²) in [5, 5.41) is 0. The lowest BCUT2D eigenvalue weighted by atomic mass is 10.1. The fourth-order valence-electron chi connectivity index (χ4n) is 3.88. The van der Waals surface area contributed by atoms with Crippen LogP contribution in [0.3, 0.4) is 0 Å². The zero-order valence-corrected chi connectivity index (χ0v) is 25.7. The second-order valence-electron chi connectivity index (χ2n) is 9.52. The first kappa shape index (κ1) is 33.1. The number of piperidine rings is 2. The molecule has 2 fully saturated rings. The van der Waals surface area contributed by atoms with Gasteiger partial charge in [0.05, 0.1) is 11.4 Å². The molecule has 0 saturated carbocycles. The van der Waals surface area contributed by atoms with Crippen LogP contribution in [-0.2, 0) is 0 Å². The lowest BCUT2D eigenvalue weighted by molar-refractivity contribution is -0.0442. The highest BCUT2D eigenvalue weighted by molar-refractivity contribution is 9.10. The molecule has 0 amide bonds. The van der Waals surface area contributed by atoms with Gasteiger partial charge in [0.1, 0.15) is 0 Å². The van der Waals surface area contributed by atoms with Crippen LogP contribution in [0.1, 0.15) is 25.7 Å². The van der Waals surface area contributed by atoms with Crippen molar-refractivity contribution < 1.29 is 17.6 Å². The lowest BCUT2D eigenvalue weighted by Crippen LogP contribution is -2.46. The molecule has 0 bridgehead atoms. The van der Waals surface area contributed by atoms with Crippen LogP contribution in [-0.4, -0.2) is 71.7 Å². The van der Waals surface area contributed by atoms with Gasteiger partial charge in [-0.3, -0.25) is 0 Å². The Balaban J connectivity index is 0.000000230. The summed E-state index contributed by atoms with van der Waals surface area (Å²) >= 11 is 6.64. The minimum absolute atomic E-state index is 0.00726. The standard InChI is InChI=1S/2C13H16BrF2N5/c14-9-1-3-10(4-2-9)19-11(17)20-12(18)21-7-5-13(15,16)6-8-21;14-9-2-1-3-10(8-9)19-11(17)20-12(18)21-6-4-13(15,16)5-7-21/h1-4H,5-8H2,(H4,17,18,19,20);1-3,8H,4-7H2,(H4,17,18,19,20). The third kappa shape index (κ3) is 11.1. The molecule has 2 aromatic carbocycles. The van der Waals surface area contributed by atoms with Crippen molar-refractivity contribution in [1.82, 2.24) is 9.80 Å². The zero-order chi connectivity index (χ0) is 30.9. The van der Waals surface area contributed by atoms with E-state index in [0.717, 1.165) is 8.95 Å². The van der Waals surface area contributed by atoms with Crippen molar-refractivity contribution in [1.29, 1.82) is 0 Å². The van der Waals surface area contributed by atoms with Gasteiger partial charge in [0.15, 0.2) is 11.9 Å². The second kappa shape index (κ2) is 14.7. The molecule has 42 heavy (non-hydrogen) atoms. The Bertz CT molecular complexity index is 1310. The highest BCUT2D eigenvalue weighted by Crippen LogP contribution is 2.28. The molecule has 4 rings (SSSR count). The van der Waals surface area contributed by atoms with Gasteiger partial charge in [0.2, 0.25) is 11.9 Å². The predicted molar refractivity (Wildman–Crippen MR) is 166 cm³/mol. The van der Waals surface area contributed by atoms with E-state index in [1.807, 2.05) is 24.3 Å². The summed E-state index contributed by atoms with van der Waals surface area (Å²) in [7, 11) is 0. The molecule has 0 aromatic heterocycles. The zero-order valence-electron chi connectivity index (χ0n) is 22.5. The molecule has 0 unspecified atom stereocenters. The van der Waals surface area contributed by atoms with E-state index in [-0.39, 0.29) is 75.7 Å². The molecular formula is C26H32Br2F4N10. The van der Waals surface area contributed by atoms with Gasteiger partial charge in [-0.25, -0.2) is 27.5 Å². The Hall–Kier alpha value is -3.40. The first-order valence-electron chi connectivity index (χ1n) is 12.8. The lowest BCUT2D eigenvalue weighted by Gasteiger charge is -2.32. The number of hydrogen-bond donors (Lipinski definition) is 4. The van der Waals surface area contributed by atoms with Crippen LogP contribution in [0.5, 0.6) is 0 Å². The van der Waals surface area contributed by atoms with E-state index in [1.54, 1.807) is 34.1 Å². The molecule has 2 heterocycles. The SMILES string of the molecule is NC(=Nc1ccc(Br)cc1)N=C(N)N1CCC(F)(F)CC1.NC(=Nc1cccc(Br)c1)N=C(N)N1CCC(F)(F)CC1. The maximum Gasteiger partial charge on any atom is 0.251 e. The number of rotatable bonds is 2. The molecule has 0 atom stereocenters. The Morgan fingerprint density at radius 2 is 1.05 bits per heavy atom. The number of halogens is 6. The fraction of sp³-hybridized carbons (Fsp3) is 0.385. The average Bonchev–Trinajstić information content (AvgIpc) is 2.90. The molecule has 0 spiro atoms. The first-order chi connectivity index (χ1) is 19.7. The third-order valence-electron chi connectivity index (χ3n) is 6.22. The molecule has 228 valence electrons. The topological polar surface area (TPSA) is 160 Å². The van der Waals surface area contributed by atoms with Crippen LogP contribution < -0.4 is 22.9 Å². The van der Waals surface area contributed by atoms with E-state index >= 15 is 0 Å². The summed E-state index contributed by atoms with van der Waals surface area (Å²) in [6.07, 6.45) is -0.919. The number of benzene rings is 2. The molecule has 16 heteroatoms. The minimum Gasteiger partial charge on any atom is -0.369 e. The summed E-state index contributed by atoms with van der Waals surface area (Å²) in [6, 6.07) is 14.4. The van der Waals surface area contributed by atoms with Gasteiger partial charge in [-0.2, -0.15) is 9.98 Å². The molecule has 2 aromatic rings. The van der Waals surface area contributed by atoms with Gasteiger partial charge < -0.3 is 32.7 Å². The quantitative estimate of drug-likeness (QED) is 0.197. The van der Waals surface area contributed by atoms with Gasteiger partial charge in [-0.1, -0.05) is 37.9 Å². The second-order valence-corrected chi connectivity index (χ2v) is 11.4. The summed E-state index contributed by atoms with van der Waals surface area (Å²) in [6.45, 7) is 0.640. The highest BCUT2D eigenvalue weighted by atomic mass is 79.9. The van der Waals surface area contributed by atoms with E-state index in [2.05, 4.69) is 51.8 Å². The largest absolute Gasteiger partial charge is 0.369 e. The summed E-state index contributed by atoms with van der Waals surface area (Å²) in [5.41, 5.74) is 24.2. The number of guanidine groups is 4. The van der Waals surface area contributed by atoms with Gasteiger partial charge in [0, 0.05) is 60.8 Å². The summed E-state index contributed by atoms with van der Waals surface area (Å²) in [4.78, 5) is 19.3. The van der Waals surface area contributed by atoms with Crippen LogP contribution in [0.2, 0.25) is 0 Å². The Morgan fingerprint density at radius 1 is 0.619 bits per heavy atom.